The molecule has 1 aromatic rings. The molecule has 0 bridgehead atoms. The number of unbranched alkanes of at least 4 members (excludes halogenated alkanes) is 1. The van der Waals surface area contributed by atoms with E-state index in [1.54, 1.807) is 5.56 Å². The molecule has 2 heteroatoms. The van der Waals surface area contributed by atoms with Gasteiger partial charge in [0, 0.05) is 13.1 Å². The van der Waals surface area contributed by atoms with Crippen molar-refractivity contribution in [3.8, 4) is 0 Å². The number of fused-ring (bicyclic) bond motifs is 1. The Balaban J connectivity index is 2.01. The zero-order valence-electron chi connectivity index (χ0n) is 12.1. The zero-order chi connectivity index (χ0) is 13.5. The molecule has 1 aliphatic rings. The minimum atomic E-state index is 0.276. The second-order valence-corrected chi connectivity index (χ2v) is 5.67. The predicted octanol–water partition coefficient (Wildman–Crippen LogP) is 3.20. The molecule has 19 heavy (non-hydrogen) atoms. The maximum atomic E-state index is 9.22. The van der Waals surface area contributed by atoms with E-state index in [0.717, 1.165) is 19.6 Å². The highest BCUT2D eigenvalue weighted by Crippen LogP contribution is 2.32. The zero-order valence-corrected chi connectivity index (χ0v) is 12.1. The van der Waals surface area contributed by atoms with E-state index < -0.39 is 0 Å². The van der Waals surface area contributed by atoms with Crippen molar-refractivity contribution >= 4 is 0 Å². The van der Waals surface area contributed by atoms with Gasteiger partial charge < -0.3 is 10.0 Å². The van der Waals surface area contributed by atoms with Crippen molar-refractivity contribution in [2.75, 3.05) is 26.2 Å². The van der Waals surface area contributed by atoms with Crippen LogP contribution in [0.4, 0.5) is 0 Å². The number of aliphatic hydroxyl groups excluding tert-OH is 1. The first-order chi connectivity index (χ1) is 9.35. The maximum Gasteiger partial charge on any atom is 0.0558 e. The van der Waals surface area contributed by atoms with Gasteiger partial charge in [0.1, 0.15) is 0 Å². The van der Waals surface area contributed by atoms with Gasteiger partial charge in [0.15, 0.2) is 0 Å². The molecule has 2 nitrogen and oxygen atoms in total. The summed E-state index contributed by atoms with van der Waals surface area (Å²) in [6, 6.07) is 8.91. The Morgan fingerprint density at radius 3 is 2.89 bits per heavy atom. The van der Waals surface area contributed by atoms with E-state index in [9.17, 15) is 5.11 Å². The molecule has 2 rings (SSSR count). The number of hydrogen-bond acceptors (Lipinski definition) is 2. The molecule has 0 aliphatic heterocycles. The molecule has 1 aromatic carbocycles. The lowest BCUT2D eigenvalue weighted by Crippen LogP contribution is -2.33. The highest BCUT2D eigenvalue weighted by atomic mass is 16.3. The van der Waals surface area contributed by atoms with Crippen LogP contribution in [0.25, 0.3) is 0 Å². The maximum absolute atomic E-state index is 9.22. The summed E-state index contributed by atoms with van der Waals surface area (Å²) in [5, 5.41) is 9.22. The Kier molecular flexibility index (Phi) is 5.87. The fourth-order valence-corrected chi connectivity index (χ4v) is 3.17. The molecule has 1 N–H and O–H groups in total. The molecule has 1 unspecified atom stereocenters. The third kappa shape index (κ3) is 4.05. The summed E-state index contributed by atoms with van der Waals surface area (Å²) in [4.78, 5) is 2.44. The average Bonchev–Trinajstić information content (AvgIpc) is 2.45. The van der Waals surface area contributed by atoms with Gasteiger partial charge in [-0.1, -0.05) is 37.6 Å². The topological polar surface area (TPSA) is 23.5 Å². The van der Waals surface area contributed by atoms with Crippen LogP contribution in [-0.4, -0.2) is 36.2 Å². The van der Waals surface area contributed by atoms with Crippen molar-refractivity contribution in [2.24, 2.45) is 0 Å². The summed E-state index contributed by atoms with van der Waals surface area (Å²) in [5.41, 5.74) is 3.09. The third-order valence-electron chi connectivity index (χ3n) is 4.22. The number of nitrogens with zero attached hydrogens (tertiary/aromatic N) is 1. The van der Waals surface area contributed by atoms with Gasteiger partial charge >= 0.3 is 0 Å². The van der Waals surface area contributed by atoms with Gasteiger partial charge in [0.05, 0.1) is 6.61 Å². The lowest BCUT2D eigenvalue weighted by atomic mass is 9.82. The molecular formula is C17H27NO. The molecule has 0 radical (unpaired) electrons. The molecule has 0 aromatic heterocycles. The molecular weight excluding hydrogens is 234 g/mol. The monoisotopic (exact) mass is 261 g/mol. The van der Waals surface area contributed by atoms with Crippen molar-refractivity contribution < 1.29 is 5.11 Å². The first-order valence-corrected chi connectivity index (χ1v) is 7.76. The van der Waals surface area contributed by atoms with Gasteiger partial charge in [0.2, 0.25) is 0 Å². The summed E-state index contributed by atoms with van der Waals surface area (Å²) in [7, 11) is 0. The standard InChI is InChI=1S/C17H27NO/c1-2-3-11-18(12-13-19)14-16-9-6-8-15-7-4-5-10-17(15)16/h4-5,7,10,16,19H,2-3,6,8-9,11-14H2,1H3. The minimum Gasteiger partial charge on any atom is -0.395 e. The fraction of sp³-hybridized carbons (Fsp3) is 0.647. The van der Waals surface area contributed by atoms with Gasteiger partial charge in [-0.3, -0.25) is 0 Å². The second kappa shape index (κ2) is 7.66. The lowest BCUT2D eigenvalue weighted by Gasteiger charge is -2.31. The van der Waals surface area contributed by atoms with Crippen LogP contribution in [0.1, 0.15) is 49.7 Å². The van der Waals surface area contributed by atoms with Crippen molar-refractivity contribution in [2.45, 2.75) is 44.9 Å². The van der Waals surface area contributed by atoms with Crippen LogP contribution >= 0.6 is 0 Å². The van der Waals surface area contributed by atoms with E-state index >= 15 is 0 Å². The van der Waals surface area contributed by atoms with E-state index in [1.165, 1.54) is 37.7 Å². The number of hydrogen-bond donors (Lipinski definition) is 1. The van der Waals surface area contributed by atoms with E-state index in [4.69, 9.17) is 0 Å². The fourth-order valence-electron chi connectivity index (χ4n) is 3.17. The lowest BCUT2D eigenvalue weighted by molar-refractivity contribution is 0.182. The van der Waals surface area contributed by atoms with Crippen molar-refractivity contribution in [3.63, 3.8) is 0 Å². The predicted molar refractivity (Wildman–Crippen MR) is 80.6 cm³/mol. The Hall–Kier alpha value is -0.860. The smallest absolute Gasteiger partial charge is 0.0558 e. The number of rotatable bonds is 7. The SMILES string of the molecule is CCCCN(CCO)CC1CCCc2ccccc21. The van der Waals surface area contributed by atoms with Crippen molar-refractivity contribution in [3.05, 3.63) is 35.4 Å². The molecule has 1 atom stereocenters. The molecule has 0 fully saturated rings. The molecule has 0 saturated carbocycles. The van der Waals surface area contributed by atoms with Crippen molar-refractivity contribution in [1.29, 1.82) is 0 Å². The van der Waals surface area contributed by atoms with E-state index in [0.29, 0.717) is 5.92 Å². The van der Waals surface area contributed by atoms with E-state index in [1.807, 2.05) is 0 Å². The number of aliphatic hydroxyl groups is 1. The Labute approximate surface area is 117 Å². The Morgan fingerprint density at radius 2 is 2.11 bits per heavy atom. The van der Waals surface area contributed by atoms with Gasteiger partial charge in [-0.05, 0) is 49.3 Å². The van der Waals surface area contributed by atoms with Crippen LogP contribution in [0.5, 0.6) is 0 Å². The van der Waals surface area contributed by atoms with E-state index in [2.05, 4.69) is 36.1 Å². The van der Waals surface area contributed by atoms with Crippen LogP contribution in [0.3, 0.4) is 0 Å². The Bertz CT molecular complexity index is 377. The molecule has 0 saturated heterocycles. The minimum absolute atomic E-state index is 0.276. The van der Waals surface area contributed by atoms with Crippen LogP contribution < -0.4 is 0 Å². The molecule has 106 valence electrons. The number of aryl methyl sites for hydroxylation is 1. The van der Waals surface area contributed by atoms with Gasteiger partial charge in [0.25, 0.3) is 0 Å². The van der Waals surface area contributed by atoms with Gasteiger partial charge in [-0.25, -0.2) is 0 Å². The van der Waals surface area contributed by atoms with Crippen LogP contribution in [-0.2, 0) is 6.42 Å². The molecule has 0 heterocycles. The van der Waals surface area contributed by atoms with Gasteiger partial charge in [-0.2, -0.15) is 0 Å². The van der Waals surface area contributed by atoms with Crippen molar-refractivity contribution in [1.82, 2.24) is 4.90 Å². The quantitative estimate of drug-likeness (QED) is 0.815. The summed E-state index contributed by atoms with van der Waals surface area (Å²) in [6.45, 7) is 5.55. The highest BCUT2D eigenvalue weighted by molar-refractivity contribution is 5.32. The number of benzene rings is 1. The summed E-state index contributed by atoms with van der Waals surface area (Å²) < 4.78 is 0. The molecule has 0 spiro atoms. The van der Waals surface area contributed by atoms with Crippen LogP contribution in [0.2, 0.25) is 0 Å². The molecule has 1 aliphatic carbocycles. The van der Waals surface area contributed by atoms with Gasteiger partial charge in [-0.15, -0.1) is 0 Å². The molecule has 0 amide bonds. The first kappa shape index (κ1) is 14.5. The van der Waals surface area contributed by atoms with Crippen LogP contribution in [0.15, 0.2) is 24.3 Å². The Morgan fingerprint density at radius 1 is 1.26 bits per heavy atom. The highest BCUT2D eigenvalue weighted by Gasteiger charge is 2.21. The third-order valence-corrected chi connectivity index (χ3v) is 4.22. The largest absolute Gasteiger partial charge is 0.395 e. The normalized spacial score (nSPS) is 18.6. The van der Waals surface area contributed by atoms with E-state index in [-0.39, 0.29) is 6.61 Å². The average molecular weight is 261 g/mol. The summed E-state index contributed by atoms with van der Waals surface area (Å²) >= 11 is 0. The second-order valence-electron chi connectivity index (χ2n) is 5.67. The first-order valence-electron chi connectivity index (χ1n) is 7.76. The summed E-state index contributed by atoms with van der Waals surface area (Å²) in [6.07, 6.45) is 6.30. The van der Waals surface area contributed by atoms with Crippen LogP contribution in [0, 0.1) is 0 Å². The summed E-state index contributed by atoms with van der Waals surface area (Å²) in [5.74, 6) is 0.661.